The van der Waals surface area contributed by atoms with Gasteiger partial charge in [0, 0.05) is 31.0 Å². The van der Waals surface area contributed by atoms with E-state index < -0.39 is 5.60 Å². The largest absolute Gasteiger partial charge is 0.493 e. The van der Waals surface area contributed by atoms with Crippen molar-refractivity contribution in [2.24, 2.45) is 0 Å². The van der Waals surface area contributed by atoms with Crippen LogP contribution in [0.5, 0.6) is 11.5 Å². The maximum atomic E-state index is 6.64. The number of hydrogen-bond donors (Lipinski definition) is 0. The fourth-order valence-electron chi connectivity index (χ4n) is 3.49. The minimum atomic E-state index is -0.793. The first-order chi connectivity index (χ1) is 13.3. The second-order valence-corrected chi connectivity index (χ2v) is 6.30. The summed E-state index contributed by atoms with van der Waals surface area (Å²) in [5.41, 5.74) is 2.24. The summed E-state index contributed by atoms with van der Waals surface area (Å²) in [5.74, 6) is 1.37. The molecule has 4 heteroatoms. The first kappa shape index (κ1) is 22.1. The van der Waals surface area contributed by atoms with Gasteiger partial charge in [0.15, 0.2) is 11.5 Å². The average molecular weight is 369 g/mol. The SMILES string of the molecule is CCCOC(c1ccccc1)(c1ccccc1)c1cccc(OC)c1OC.[Li]. The molecule has 3 aromatic rings. The molecule has 0 aliphatic carbocycles. The van der Waals surface area contributed by atoms with Crippen molar-refractivity contribution in [3.05, 3.63) is 95.6 Å². The minimum absolute atomic E-state index is 0. The van der Waals surface area contributed by atoms with Gasteiger partial charge in [-0.25, -0.2) is 0 Å². The number of ether oxygens (including phenoxy) is 3. The van der Waals surface area contributed by atoms with Crippen LogP contribution in [-0.2, 0) is 10.3 Å². The summed E-state index contributed by atoms with van der Waals surface area (Å²) in [6.45, 7) is 2.73. The predicted molar refractivity (Wildman–Crippen MR) is 114 cm³/mol. The van der Waals surface area contributed by atoms with E-state index in [4.69, 9.17) is 14.2 Å². The van der Waals surface area contributed by atoms with E-state index in [2.05, 4.69) is 37.3 Å². The summed E-state index contributed by atoms with van der Waals surface area (Å²) in [6.07, 6.45) is 0.910. The molecule has 0 heterocycles. The predicted octanol–water partition coefficient (Wildman–Crippen LogP) is 5.04. The zero-order valence-electron chi connectivity index (χ0n) is 17.1. The van der Waals surface area contributed by atoms with Crippen molar-refractivity contribution in [2.75, 3.05) is 20.8 Å². The Bertz CT molecular complexity index is 811. The molecular weight excluding hydrogens is 343 g/mol. The number of hydrogen-bond acceptors (Lipinski definition) is 3. The molecule has 141 valence electrons. The van der Waals surface area contributed by atoms with Gasteiger partial charge in [-0.1, -0.05) is 79.7 Å². The van der Waals surface area contributed by atoms with Crippen LogP contribution in [0.25, 0.3) is 0 Å². The van der Waals surface area contributed by atoms with Gasteiger partial charge in [0.05, 0.1) is 14.2 Å². The van der Waals surface area contributed by atoms with Crippen LogP contribution in [0.2, 0.25) is 0 Å². The Hall–Kier alpha value is -2.18. The molecule has 1 radical (unpaired) electrons. The molecule has 0 aromatic heterocycles. The number of rotatable bonds is 8. The quantitative estimate of drug-likeness (QED) is 0.411. The normalized spacial score (nSPS) is 10.8. The summed E-state index contributed by atoms with van der Waals surface area (Å²) < 4.78 is 18.0. The van der Waals surface area contributed by atoms with Crippen LogP contribution in [-0.4, -0.2) is 39.7 Å². The van der Waals surface area contributed by atoms with Crippen LogP contribution in [0.1, 0.15) is 30.0 Å². The molecule has 28 heavy (non-hydrogen) atoms. The molecule has 3 rings (SSSR count). The van der Waals surface area contributed by atoms with Gasteiger partial charge in [-0.15, -0.1) is 0 Å². The zero-order chi connectivity index (χ0) is 19.1. The third-order valence-electron chi connectivity index (χ3n) is 4.67. The fraction of sp³-hybridized carbons (Fsp3) is 0.250. The van der Waals surface area contributed by atoms with Gasteiger partial charge in [0.2, 0.25) is 0 Å². The number of benzene rings is 3. The molecule has 0 saturated carbocycles. The maximum absolute atomic E-state index is 6.64. The van der Waals surface area contributed by atoms with Gasteiger partial charge in [-0.3, -0.25) is 0 Å². The summed E-state index contributed by atoms with van der Waals surface area (Å²) in [6, 6.07) is 26.5. The monoisotopic (exact) mass is 369 g/mol. The van der Waals surface area contributed by atoms with E-state index in [9.17, 15) is 0 Å². The van der Waals surface area contributed by atoms with Gasteiger partial charge in [0.25, 0.3) is 0 Å². The first-order valence-corrected chi connectivity index (χ1v) is 9.24. The van der Waals surface area contributed by atoms with E-state index in [1.807, 2.05) is 48.5 Å². The van der Waals surface area contributed by atoms with E-state index in [-0.39, 0.29) is 18.9 Å². The third-order valence-corrected chi connectivity index (χ3v) is 4.67. The van der Waals surface area contributed by atoms with Gasteiger partial charge >= 0.3 is 0 Å². The average Bonchev–Trinajstić information content (AvgIpc) is 2.75. The molecule has 0 atom stereocenters. The molecule has 0 spiro atoms. The van der Waals surface area contributed by atoms with Crippen molar-refractivity contribution in [1.82, 2.24) is 0 Å². The van der Waals surface area contributed by atoms with Crippen LogP contribution in [0.15, 0.2) is 78.9 Å². The van der Waals surface area contributed by atoms with Crippen molar-refractivity contribution in [1.29, 1.82) is 0 Å². The molecule has 0 unspecified atom stereocenters. The summed E-state index contributed by atoms with van der Waals surface area (Å²) in [4.78, 5) is 0. The molecule has 0 amide bonds. The van der Waals surface area contributed by atoms with Gasteiger partial charge in [-0.2, -0.15) is 0 Å². The molecule has 0 aliphatic rings. The van der Waals surface area contributed by atoms with E-state index in [0.717, 1.165) is 23.1 Å². The van der Waals surface area contributed by atoms with Crippen molar-refractivity contribution < 1.29 is 14.2 Å². The van der Waals surface area contributed by atoms with Gasteiger partial charge < -0.3 is 14.2 Å². The van der Waals surface area contributed by atoms with Crippen LogP contribution in [0.3, 0.4) is 0 Å². The second-order valence-electron chi connectivity index (χ2n) is 6.30. The smallest absolute Gasteiger partial charge is 0.167 e. The maximum Gasteiger partial charge on any atom is 0.167 e. The Balaban J connectivity index is 0.00000280. The second kappa shape index (κ2) is 10.4. The van der Waals surface area contributed by atoms with Crippen LogP contribution in [0, 0.1) is 0 Å². The third kappa shape index (κ3) is 4.13. The van der Waals surface area contributed by atoms with Crippen molar-refractivity contribution in [3.8, 4) is 11.5 Å². The summed E-state index contributed by atoms with van der Waals surface area (Å²) >= 11 is 0. The van der Waals surface area contributed by atoms with Crippen molar-refractivity contribution in [2.45, 2.75) is 18.9 Å². The standard InChI is InChI=1S/C24H26O3.Li/c1-4-18-27-24(19-12-7-5-8-13-19,20-14-9-6-10-15-20)21-16-11-17-22(25-2)23(21)26-3;/h5-17H,4,18H2,1-3H3;. The topological polar surface area (TPSA) is 27.7 Å². The molecule has 0 bridgehead atoms. The fourth-order valence-corrected chi connectivity index (χ4v) is 3.49. The Kier molecular flexibility index (Phi) is 8.20. The zero-order valence-corrected chi connectivity index (χ0v) is 17.1. The Labute approximate surface area is 179 Å². The molecular formula is C24H26LiO3. The van der Waals surface area contributed by atoms with E-state index in [1.54, 1.807) is 14.2 Å². The van der Waals surface area contributed by atoms with Crippen LogP contribution < -0.4 is 9.47 Å². The number of methoxy groups -OCH3 is 2. The Morgan fingerprint density at radius 2 is 1.29 bits per heavy atom. The van der Waals surface area contributed by atoms with Crippen LogP contribution in [0.4, 0.5) is 0 Å². The molecule has 3 aromatic carbocycles. The molecule has 0 aliphatic heterocycles. The van der Waals surface area contributed by atoms with Crippen molar-refractivity contribution >= 4 is 18.9 Å². The molecule has 0 saturated heterocycles. The van der Waals surface area contributed by atoms with Crippen molar-refractivity contribution in [3.63, 3.8) is 0 Å². The summed E-state index contributed by atoms with van der Waals surface area (Å²) in [5, 5.41) is 0. The Morgan fingerprint density at radius 1 is 0.714 bits per heavy atom. The molecule has 0 N–H and O–H groups in total. The van der Waals surface area contributed by atoms with E-state index in [1.165, 1.54) is 0 Å². The Morgan fingerprint density at radius 3 is 1.75 bits per heavy atom. The van der Waals surface area contributed by atoms with Gasteiger partial charge in [-0.05, 0) is 23.6 Å². The minimum Gasteiger partial charge on any atom is -0.493 e. The first-order valence-electron chi connectivity index (χ1n) is 9.24. The van der Waals surface area contributed by atoms with Gasteiger partial charge in [0.1, 0.15) is 5.60 Å². The summed E-state index contributed by atoms with van der Waals surface area (Å²) in [7, 11) is 3.32. The molecule has 3 nitrogen and oxygen atoms in total. The van der Waals surface area contributed by atoms with E-state index >= 15 is 0 Å². The van der Waals surface area contributed by atoms with Crippen LogP contribution >= 0.6 is 0 Å². The van der Waals surface area contributed by atoms with E-state index in [0.29, 0.717) is 18.1 Å². The molecule has 0 fully saturated rings. The number of para-hydroxylation sites is 1.